The van der Waals surface area contributed by atoms with Crippen LogP contribution in [0.5, 0.6) is 0 Å². The van der Waals surface area contributed by atoms with Crippen molar-refractivity contribution >= 4 is 12.2 Å². The average molecular weight is 260 g/mol. The van der Waals surface area contributed by atoms with Crippen molar-refractivity contribution in [2.24, 2.45) is 5.92 Å². The van der Waals surface area contributed by atoms with Crippen molar-refractivity contribution in [3.05, 3.63) is 51.8 Å². The fraction of sp³-hybridized carbons (Fsp3) is 0.400. The van der Waals surface area contributed by atoms with Crippen LogP contribution in [0.4, 0.5) is 0 Å². The van der Waals surface area contributed by atoms with E-state index in [1.165, 1.54) is 16.8 Å². The molecule has 0 fully saturated rings. The Hall–Kier alpha value is -1.35. The van der Waals surface area contributed by atoms with Crippen LogP contribution in [0.3, 0.4) is 0 Å². The molecule has 3 heteroatoms. The Balaban J connectivity index is 2.16. The predicted octanol–water partition coefficient (Wildman–Crippen LogP) is 4.10. The highest BCUT2D eigenvalue weighted by Gasteiger charge is 2.03. The third kappa shape index (κ3) is 3.33. The van der Waals surface area contributed by atoms with Gasteiger partial charge in [-0.1, -0.05) is 55.9 Å². The zero-order valence-electron chi connectivity index (χ0n) is 11.2. The molecule has 0 bridgehead atoms. The summed E-state index contributed by atoms with van der Waals surface area (Å²) >= 11 is 5.38. The third-order valence-electron chi connectivity index (χ3n) is 2.93. The van der Waals surface area contributed by atoms with Crippen molar-refractivity contribution in [2.45, 2.75) is 33.7 Å². The number of nitrogens with zero attached hydrogens (tertiary/aromatic N) is 1. The normalized spacial score (nSPS) is 11.1. The van der Waals surface area contributed by atoms with Crippen LogP contribution in [0.2, 0.25) is 0 Å². The maximum absolute atomic E-state index is 5.38. The van der Waals surface area contributed by atoms with Crippen LogP contribution in [0.1, 0.15) is 30.7 Å². The van der Waals surface area contributed by atoms with E-state index in [2.05, 4.69) is 56.2 Å². The quantitative estimate of drug-likeness (QED) is 0.821. The maximum Gasteiger partial charge on any atom is 0.122 e. The number of hydrogen-bond acceptors (Lipinski definition) is 1. The van der Waals surface area contributed by atoms with E-state index in [-0.39, 0.29) is 0 Å². The average Bonchev–Trinajstić information content (AvgIpc) is 2.61. The monoisotopic (exact) mass is 260 g/mol. The van der Waals surface area contributed by atoms with E-state index in [4.69, 9.17) is 12.2 Å². The van der Waals surface area contributed by atoms with Crippen molar-refractivity contribution in [1.82, 2.24) is 9.78 Å². The van der Waals surface area contributed by atoms with Crippen LogP contribution >= 0.6 is 12.2 Å². The summed E-state index contributed by atoms with van der Waals surface area (Å²) in [5, 5.41) is 3.39. The molecule has 0 radical (unpaired) electrons. The Morgan fingerprint density at radius 1 is 1.22 bits per heavy atom. The largest absolute Gasteiger partial charge is 0.301 e. The second-order valence-corrected chi connectivity index (χ2v) is 5.71. The minimum Gasteiger partial charge on any atom is -0.301 e. The molecule has 0 saturated carbocycles. The summed E-state index contributed by atoms with van der Waals surface area (Å²) in [5.74, 6) is 0.644. The second kappa shape index (κ2) is 5.53. The lowest BCUT2D eigenvalue weighted by atomic mass is 10.1. The van der Waals surface area contributed by atoms with Crippen LogP contribution in [0.15, 0.2) is 30.3 Å². The number of nitrogens with one attached hydrogen (secondary N) is 1. The Morgan fingerprint density at radius 2 is 1.89 bits per heavy atom. The van der Waals surface area contributed by atoms with Gasteiger partial charge in [0.15, 0.2) is 0 Å². The third-order valence-corrected chi connectivity index (χ3v) is 3.27. The number of H-pyrrole nitrogens is 1. The number of aromatic nitrogens is 2. The molecule has 0 spiro atoms. The Kier molecular flexibility index (Phi) is 4.02. The van der Waals surface area contributed by atoms with Crippen molar-refractivity contribution in [3.8, 4) is 0 Å². The highest BCUT2D eigenvalue weighted by Crippen LogP contribution is 2.10. The highest BCUT2D eigenvalue weighted by molar-refractivity contribution is 7.71. The van der Waals surface area contributed by atoms with Gasteiger partial charge in [-0.25, -0.2) is 0 Å². The standard InChI is InChI=1S/C15H20N2S/c1-11(2)8-14-9-15(18)17(16-14)10-13-6-4-12(3)5-7-13/h4-7,9,11,16H,8,10H2,1-3H3. The first-order chi connectivity index (χ1) is 8.54. The van der Waals surface area contributed by atoms with Crippen LogP contribution < -0.4 is 0 Å². The molecule has 0 aliphatic heterocycles. The zero-order chi connectivity index (χ0) is 13.1. The summed E-state index contributed by atoms with van der Waals surface area (Å²) in [6.07, 6.45) is 1.05. The van der Waals surface area contributed by atoms with E-state index >= 15 is 0 Å². The molecule has 0 unspecified atom stereocenters. The molecule has 0 saturated heterocycles. The lowest BCUT2D eigenvalue weighted by molar-refractivity contribution is 0.606. The van der Waals surface area contributed by atoms with Gasteiger partial charge in [0.2, 0.25) is 0 Å². The Labute approximate surface area is 114 Å². The van der Waals surface area contributed by atoms with Crippen LogP contribution in [0, 0.1) is 17.5 Å². The maximum atomic E-state index is 5.38. The fourth-order valence-corrected chi connectivity index (χ4v) is 2.28. The minimum atomic E-state index is 0.644. The molecule has 0 atom stereocenters. The number of aryl methyl sites for hydroxylation is 1. The van der Waals surface area contributed by atoms with Gasteiger partial charge >= 0.3 is 0 Å². The summed E-state index contributed by atoms with van der Waals surface area (Å²) in [4.78, 5) is 0. The van der Waals surface area contributed by atoms with Gasteiger partial charge in [-0.15, -0.1) is 0 Å². The van der Waals surface area contributed by atoms with Crippen molar-refractivity contribution in [2.75, 3.05) is 0 Å². The summed E-state index contributed by atoms with van der Waals surface area (Å²) in [6.45, 7) is 7.35. The smallest absolute Gasteiger partial charge is 0.122 e. The molecule has 2 nitrogen and oxygen atoms in total. The summed E-state index contributed by atoms with van der Waals surface area (Å²) in [5.41, 5.74) is 3.78. The summed E-state index contributed by atoms with van der Waals surface area (Å²) in [6, 6.07) is 10.7. The Bertz CT molecular complexity index is 561. The van der Waals surface area contributed by atoms with Gasteiger partial charge in [0.05, 0.1) is 6.54 Å². The summed E-state index contributed by atoms with van der Waals surface area (Å²) in [7, 11) is 0. The molecule has 0 aliphatic carbocycles. The van der Waals surface area contributed by atoms with Gasteiger partial charge in [0.25, 0.3) is 0 Å². The van der Waals surface area contributed by atoms with Crippen molar-refractivity contribution in [1.29, 1.82) is 0 Å². The Morgan fingerprint density at radius 3 is 2.50 bits per heavy atom. The molecule has 0 amide bonds. The summed E-state index contributed by atoms with van der Waals surface area (Å²) < 4.78 is 2.92. The predicted molar refractivity (Wildman–Crippen MR) is 78.4 cm³/mol. The van der Waals surface area contributed by atoms with Crippen LogP contribution in [-0.2, 0) is 13.0 Å². The van der Waals surface area contributed by atoms with E-state index in [1.807, 2.05) is 4.68 Å². The van der Waals surface area contributed by atoms with E-state index in [1.54, 1.807) is 0 Å². The SMILES string of the molecule is Cc1ccc(Cn2[nH]c(CC(C)C)cc2=S)cc1. The molecular weight excluding hydrogens is 240 g/mol. The van der Waals surface area contributed by atoms with E-state index in [9.17, 15) is 0 Å². The lowest BCUT2D eigenvalue weighted by Crippen LogP contribution is -2.03. The van der Waals surface area contributed by atoms with Gasteiger partial charge in [-0.3, -0.25) is 4.68 Å². The van der Waals surface area contributed by atoms with Crippen molar-refractivity contribution < 1.29 is 0 Å². The van der Waals surface area contributed by atoms with Crippen LogP contribution in [0.25, 0.3) is 0 Å². The lowest BCUT2D eigenvalue weighted by Gasteiger charge is -2.05. The topological polar surface area (TPSA) is 20.7 Å². The van der Waals surface area contributed by atoms with Gasteiger partial charge in [-0.2, -0.15) is 0 Å². The van der Waals surface area contributed by atoms with E-state index in [0.29, 0.717) is 5.92 Å². The molecule has 1 aromatic carbocycles. The van der Waals surface area contributed by atoms with Gasteiger partial charge < -0.3 is 5.10 Å². The molecule has 96 valence electrons. The number of hydrogen-bond donors (Lipinski definition) is 1. The first-order valence-corrected chi connectivity index (χ1v) is 6.79. The molecule has 2 rings (SSSR count). The first-order valence-electron chi connectivity index (χ1n) is 6.39. The number of benzene rings is 1. The molecule has 1 heterocycles. The van der Waals surface area contributed by atoms with Gasteiger partial charge in [-0.05, 0) is 30.9 Å². The van der Waals surface area contributed by atoms with Gasteiger partial charge in [0, 0.05) is 5.69 Å². The molecule has 2 aromatic rings. The van der Waals surface area contributed by atoms with Gasteiger partial charge in [0.1, 0.15) is 4.64 Å². The van der Waals surface area contributed by atoms with Crippen LogP contribution in [-0.4, -0.2) is 9.78 Å². The fourth-order valence-electron chi connectivity index (χ4n) is 2.03. The molecular formula is C15H20N2S. The highest BCUT2D eigenvalue weighted by atomic mass is 32.1. The zero-order valence-corrected chi connectivity index (χ0v) is 12.1. The molecule has 1 aromatic heterocycles. The van der Waals surface area contributed by atoms with Crippen molar-refractivity contribution in [3.63, 3.8) is 0 Å². The second-order valence-electron chi connectivity index (χ2n) is 5.29. The molecule has 0 aliphatic rings. The number of rotatable bonds is 4. The first kappa shape index (κ1) is 13.1. The van der Waals surface area contributed by atoms with E-state index < -0.39 is 0 Å². The van der Waals surface area contributed by atoms with E-state index in [0.717, 1.165) is 17.6 Å². The molecule has 1 N–H and O–H groups in total. The number of aromatic amines is 1. The minimum absolute atomic E-state index is 0.644. The molecule has 18 heavy (non-hydrogen) atoms.